The van der Waals surface area contributed by atoms with Crippen LogP contribution in [-0.2, 0) is 4.79 Å². The number of aliphatic carboxylic acids is 1. The van der Waals surface area contributed by atoms with Crippen molar-refractivity contribution in [2.45, 2.75) is 20.0 Å². The minimum absolute atomic E-state index is 0.0226. The summed E-state index contributed by atoms with van der Waals surface area (Å²) in [4.78, 5) is 22.5. The van der Waals surface area contributed by atoms with Crippen LogP contribution >= 0.6 is 23.4 Å². The van der Waals surface area contributed by atoms with Crippen LogP contribution in [0.4, 0.5) is 0 Å². The second kappa shape index (κ2) is 8.79. The number of thioether (sulfide) groups is 1. The second-order valence-electron chi connectivity index (χ2n) is 4.51. The molecule has 1 rings (SSSR count). The van der Waals surface area contributed by atoms with Crippen molar-refractivity contribution >= 4 is 35.2 Å². The highest BCUT2D eigenvalue weighted by Crippen LogP contribution is 2.23. The molecule has 0 aliphatic carbocycles. The molecule has 116 valence electrons. The minimum atomic E-state index is -0.867. The van der Waals surface area contributed by atoms with Crippen LogP contribution in [-0.4, -0.2) is 41.1 Å². The van der Waals surface area contributed by atoms with Gasteiger partial charge in [0.1, 0.15) is 5.75 Å². The molecule has 0 saturated carbocycles. The van der Waals surface area contributed by atoms with Crippen LogP contribution in [0, 0.1) is 0 Å². The second-order valence-corrected chi connectivity index (χ2v) is 6.05. The number of amides is 1. The van der Waals surface area contributed by atoms with Crippen molar-refractivity contribution in [3.63, 3.8) is 0 Å². The fraction of sp³-hybridized carbons (Fsp3) is 0.429. The number of carboxylic acids is 1. The number of benzene rings is 1. The molecule has 0 radical (unpaired) electrons. The van der Waals surface area contributed by atoms with Gasteiger partial charge in [-0.1, -0.05) is 11.6 Å². The SMILES string of the molecule is CC(C)Oc1ccc(Cl)cc1C(=O)NCCSCC(=O)O. The molecule has 7 heteroatoms. The molecule has 0 unspecified atom stereocenters. The van der Waals surface area contributed by atoms with E-state index in [1.54, 1.807) is 18.2 Å². The number of nitrogens with one attached hydrogen (secondary N) is 1. The predicted octanol–water partition coefficient (Wildman–Crippen LogP) is 2.67. The normalized spacial score (nSPS) is 10.5. The van der Waals surface area contributed by atoms with Crippen LogP contribution in [0.1, 0.15) is 24.2 Å². The average Bonchev–Trinajstić information content (AvgIpc) is 2.39. The first kappa shape index (κ1) is 17.7. The molecule has 1 aromatic rings. The zero-order chi connectivity index (χ0) is 15.8. The van der Waals surface area contributed by atoms with Crippen molar-refractivity contribution in [2.75, 3.05) is 18.1 Å². The standard InChI is InChI=1S/C14H18ClNO4S/c1-9(2)20-12-4-3-10(15)7-11(12)14(19)16-5-6-21-8-13(17)18/h3-4,7,9H,5-6,8H2,1-2H3,(H,16,19)(H,17,18). The number of rotatable bonds is 8. The van der Waals surface area contributed by atoms with Crippen molar-refractivity contribution in [3.05, 3.63) is 28.8 Å². The van der Waals surface area contributed by atoms with Crippen LogP contribution in [0.5, 0.6) is 5.75 Å². The lowest BCUT2D eigenvalue weighted by atomic mass is 10.2. The van der Waals surface area contributed by atoms with E-state index in [1.807, 2.05) is 13.8 Å². The third kappa shape index (κ3) is 6.73. The van der Waals surface area contributed by atoms with Gasteiger partial charge in [-0.2, -0.15) is 0 Å². The smallest absolute Gasteiger partial charge is 0.313 e. The maximum absolute atomic E-state index is 12.1. The van der Waals surface area contributed by atoms with E-state index < -0.39 is 5.97 Å². The molecule has 1 aromatic carbocycles. The van der Waals surface area contributed by atoms with E-state index in [9.17, 15) is 9.59 Å². The predicted molar refractivity (Wildman–Crippen MR) is 84.5 cm³/mol. The summed E-state index contributed by atoms with van der Waals surface area (Å²) in [6.07, 6.45) is -0.0520. The Hall–Kier alpha value is -1.40. The Morgan fingerprint density at radius 1 is 1.43 bits per heavy atom. The molecule has 0 saturated heterocycles. The Bertz CT molecular complexity index is 508. The topological polar surface area (TPSA) is 75.6 Å². The third-order valence-corrected chi connectivity index (χ3v) is 3.49. The van der Waals surface area contributed by atoms with E-state index in [0.29, 0.717) is 28.6 Å². The van der Waals surface area contributed by atoms with Gasteiger partial charge < -0.3 is 15.2 Å². The molecular weight excluding hydrogens is 314 g/mol. The lowest BCUT2D eigenvalue weighted by Crippen LogP contribution is -2.27. The molecule has 1 amide bonds. The van der Waals surface area contributed by atoms with Crippen molar-refractivity contribution in [3.8, 4) is 5.75 Å². The Labute approximate surface area is 133 Å². The van der Waals surface area contributed by atoms with Gasteiger partial charge >= 0.3 is 5.97 Å². The van der Waals surface area contributed by atoms with Crippen molar-refractivity contribution in [1.29, 1.82) is 0 Å². The third-order valence-electron chi connectivity index (χ3n) is 2.31. The van der Waals surface area contributed by atoms with Gasteiger partial charge in [0.15, 0.2) is 0 Å². The van der Waals surface area contributed by atoms with Crippen molar-refractivity contribution in [1.82, 2.24) is 5.32 Å². The summed E-state index contributed by atoms with van der Waals surface area (Å²) in [6, 6.07) is 4.88. The lowest BCUT2D eigenvalue weighted by Gasteiger charge is -2.14. The molecule has 0 fully saturated rings. The number of hydrogen-bond acceptors (Lipinski definition) is 4. The Morgan fingerprint density at radius 3 is 2.76 bits per heavy atom. The van der Waals surface area contributed by atoms with Gasteiger partial charge in [-0.25, -0.2) is 0 Å². The Balaban J connectivity index is 2.60. The summed E-state index contributed by atoms with van der Waals surface area (Å²) in [5, 5.41) is 11.7. The highest BCUT2D eigenvalue weighted by molar-refractivity contribution is 7.99. The molecular formula is C14H18ClNO4S. The first-order valence-corrected chi connectivity index (χ1v) is 7.97. The monoisotopic (exact) mass is 331 g/mol. The molecule has 0 aromatic heterocycles. The fourth-order valence-corrected chi connectivity index (χ4v) is 2.27. The summed E-state index contributed by atoms with van der Waals surface area (Å²) >= 11 is 7.16. The van der Waals surface area contributed by atoms with Crippen LogP contribution in [0.2, 0.25) is 5.02 Å². The van der Waals surface area contributed by atoms with Gasteiger partial charge in [-0.3, -0.25) is 9.59 Å². The molecule has 0 aliphatic rings. The molecule has 0 spiro atoms. The Kier molecular flexibility index (Phi) is 7.39. The summed E-state index contributed by atoms with van der Waals surface area (Å²) in [5.41, 5.74) is 0.374. The van der Waals surface area contributed by atoms with E-state index in [4.69, 9.17) is 21.4 Å². The summed E-state index contributed by atoms with van der Waals surface area (Å²) in [7, 11) is 0. The number of carbonyl (C=O) groups excluding carboxylic acids is 1. The molecule has 21 heavy (non-hydrogen) atoms. The van der Waals surface area contributed by atoms with Crippen LogP contribution in [0.15, 0.2) is 18.2 Å². The molecule has 0 bridgehead atoms. The maximum Gasteiger partial charge on any atom is 0.313 e. The largest absolute Gasteiger partial charge is 0.490 e. The van der Waals surface area contributed by atoms with Crippen LogP contribution in [0.3, 0.4) is 0 Å². The average molecular weight is 332 g/mol. The van der Waals surface area contributed by atoms with Gasteiger partial charge in [-0.05, 0) is 32.0 Å². The molecule has 5 nitrogen and oxygen atoms in total. The van der Waals surface area contributed by atoms with Gasteiger partial charge in [0, 0.05) is 17.3 Å². The number of hydrogen-bond donors (Lipinski definition) is 2. The van der Waals surface area contributed by atoms with E-state index in [1.165, 1.54) is 11.8 Å². The number of ether oxygens (including phenoxy) is 1. The number of halogens is 1. The minimum Gasteiger partial charge on any atom is -0.490 e. The quantitative estimate of drug-likeness (QED) is 0.716. The van der Waals surface area contributed by atoms with Gasteiger partial charge in [0.05, 0.1) is 17.4 Å². The first-order valence-electron chi connectivity index (χ1n) is 6.44. The fourth-order valence-electron chi connectivity index (χ4n) is 1.53. The highest BCUT2D eigenvalue weighted by atomic mass is 35.5. The number of carbonyl (C=O) groups is 2. The van der Waals surface area contributed by atoms with Crippen LogP contribution in [0.25, 0.3) is 0 Å². The van der Waals surface area contributed by atoms with E-state index >= 15 is 0 Å². The van der Waals surface area contributed by atoms with Crippen molar-refractivity contribution in [2.24, 2.45) is 0 Å². The van der Waals surface area contributed by atoms with E-state index in [2.05, 4.69) is 5.32 Å². The van der Waals surface area contributed by atoms with Gasteiger partial charge in [0.25, 0.3) is 5.91 Å². The summed E-state index contributed by atoms with van der Waals surface area (Å²) in [5.74, 6) is -0.128. The number of carboxylic acid groups (broad SMARTS) is 1. The lowest BCUT2D eigenvalue weighted by molar-refractivity contribution is -0.133. The Morgan fingerprint density at radius 2 is 2.14 bits per heavy atom. The first-order chi connectivity index (χ1) is 9.90. The molecule has 0 atom stereocenters. The zero-order valence-corrected chi connectivity index (χ0v) is 13.5. The summed E-state index contributed by atoms with van der Waals surface area (Å²) in [6.45, 7) is 4.13. The van der Waals surface area contributed by atoms with Gasteiger partial charge in [-0.15, -0.1) is 11.8 Å². The zero-order valence-electron chi connectivity index (χ0n) is 11.9. The molecule has 2 N–H and O–H groups in total. The molecule has 0 aliphatic heterocycles. The van der Waals surface area contributed by atoms with E-state index in [-0.39, 0.29) is 17.8 Å². The maximum atomic E-state index is 12.1. The van der Waals surface area contributed by atoms with E-state index in [0.717, 1.165) is 0 Å². The van der Waals surface area contributed by atoms with Crippen LogP contribution < -0.4 is 10.1 Å². The van der Waals surface area contributed by atoms with Gasteiger partial charge in [0.2, 0.25) is 0 Å². The molecule has 0 heterocycles. The highest BCUT2D eigenvalue weighted by Gasteiger charge is 2.14. The van der Waals surface area contributed by atoms with Crippen molar-refractivity contribution < 1.29 is 19.4 Å². The summed E-state index contributed by atoms with van der Waals surface area (Å²) < 4.78 is 5.58.